The molecule has 4 nitrogen and oxygen atoms in total. The molecule has 4 aromatic heterocycles. The molecular formula is C43H46O4S4. The third-order valence-corrected chi connectivity index (χ3v) is 16.0. The van der Waals surface area contributed by atoms with Crippen molar-refractivity contribution in [3.8, 4) is 19.5 Å². The summed E-state index contributed by atoms with van der Waals surface area (Å²) < 4.78 is 14.5. The predicted molar refractivity (Wildman–Crippen MR) is 218 cm³/mol. The predicted octanol–water partition coefficient (Wildman–Crippen LogP) is 12.1. The minimum atomic E-state index is -0.386. The highest BCUT2D eigenvalue weighted by molar-refractivity contribution is 7.34. The summed E-state index contributed by atoms with van der Waals surface area (Å²) in [6.07, 6.45) is 9.89. The summed E-state index contributed by atoms with van der Waals surface area (Å²) in [5.41, 5.74) is 3.34. The Morgan fingerprint density at radius 1 is 0.765 bits per heavy atom. The number of esters is 2. The molecule has 0 spiro atoms. The molecule has 0 radical (unpaired) electrons. The van der Waals surface area contributed by atoms with Gasteiger partial charge in [0.1, 0.15) is 5.76 Å². The lowest BCUT2D eigenvalue weighted by atomic mass is 9.80. The Morgan fingerprint density at radius 2 is 1.35 bits per heavy atom. The molecule has 0 fully saturated rings. The van der Waals surface area contributed by atoms with Gasteiger partial charge >= 0.3 is 11.9 Å². The number of allylic oxidation sites excluding steroid dienone is 2. The number of cyclic esters (lactones) is 2. The quantitative estimate of drug-likeness (QED) is 0.0723. The van der Waals surface area contributed by atoms with Gasteiger partial charge in [-0.25, -0.2) is 9.59 Å². The maximum atomic E-state index is 13.3. The molecule has 6 heterocycles. The molecule has 1 aromatic carbocycles. The Labute approximate surface area is 317 Å². The van der Waals surface area contributed by atoms with Gasteiger partial charge in [0.25, 0.3) is 0 Å². The van der Waals surface area contributed by atoms with Crippen LogP contribution < -0.4 is 10.4 Å². The van der Waals surface area contributed by atoms with Crippen LogP contribution in [0.2, 0.25) is 0 Å². The number of aryl methyl sites for hydroxylation is 2. The Kier molecular flexibility index (Phi) is 9.62. The summed E-state index contributed by atoms with van der Waals surface area (Å²) >= 11 is 7.31. The lowest BCUT2D eigenvalue weighted by Crippen LogP contribution is -2.23. The van der Waals surface area contributed by atoms with E-state index in [2.05, 4.69) is 92.7 Å². The standard InChI is InChI=1S/C43H46O4S4/c1-10-12-13-19-42(7,8)39-27-21-28-26(20-29(27)41(45)47-39)34(46-40(28)44)30-14-15-31(48-30)35-24(5)37-38(50-35)25(6)36(51-37)32-16-17-33(49-32)43(9,18-11-2)22-23(3)4/h11,14-18,20-21,23H,10,12-13,19,22H2,1-9H3/b18-11-. The van der Waals surface area contributed by atoms with Crippen LogP contribution in [0.3, 0.4) is 0 Å². The molecule has 0 N–H and O–H groups in total. The minimum absolute atomic E-state index is 0.0378. The summed E-state index contributed by atoms with van der Waals surface area (Å²) in [6, 6.07) is 12.4. The van der Waals surface area contributed by atoms with Gasteiger partial charge in [-0.05, 0) is 87.1 Å². The van der Waals surface area contributed by atoms with Gasteiger partial charge < -0.3 is 9.47 Å². The van der Waals surface area contributed by atoms with Crippen LogP contribution in [0.4, 0.5) is 0 Å². The highest BCUT2D eigenvalue weighted by Gasteiger charge is 2.36. The van der Waals surface area contributed by atoms with Gasteiger partial charge in [0, 0.05) is 55.1 Å². The Hall–Kier alpha value is -3.30. The first-order chi connectivity index (χ1) is 24.3. The highest BCUT2D eigenvalue weighted by Crippen LogP contribution is 2.51. The molecule has 1 atom stereocenters. The van der Waals surface area contributed by atoms with E-state index in [4.69, 9.17) is 9.47 Å². The molecule has 7 rings (SSSR count). The summed E-state index contributed by atoms with van der Waals surface area (Å²) in [4.78, 5) is 33.8. The monoisotopic (exact) mass is 754 g/mol. The molecule has 266 valence electrons. The zero-order chi connectivity index (χ0) is 36.4. The molecule has 0 amide bonds. The molecule has 2 aliphatic rings. The molecule has 5 aromatic rings. The molecule has 0 saturated carbocycles. The van der Waals surface area contributed by atoms with Crippen molar-refractivity contribution in [1.29, 1.82) is 0 Å². The van der Waals surface area contributed by atoms with E-state index in [1.807, 2.05) is 46.1 Å². The average molecular weight is 755 g/mol. The van der Waals surface area contributed by atoms with Crippen LogP contribution in [0.5, 0.6) is 0 Å². The van der Waals surface area contributed by atoms with E-state index in [1.165, 1.54) is 40.0 Å². The zero-order valence-corrected chi connectivity index (χ0v) is 34.3. The summed E-state index contributed by atoms with van der Waals surface area (Å²) in [5, 5.41) is 1.38. The van der Waals surface area contributed by atoms with Gasteiger partial charge in [-0.15, -0.1) is 45.3 Å². The van der Waals surface area contributed by atoms with Crippen molar-refractivity contribution in [2.24, 2.45) is 11.3 Å². The largest absolute Gasteiger partial charge is 0.426 e. The number of hydrogen-bond acceptors (Lipinski definition) is 8. The Morgan fingerprint density at radius 3 is 2.00 bits per heavy atom. The van der Waals surface area contributed by atoms with Gasteiger partial charge in [-0.1, -0.05) is 73.0 Å². The van der Waals surface area contributed by atoms with Crippen LogP contribution in [0.1, 0.15) is 122 Å². The Bertz CT molecular complexity index is 2350. The second-order valence-electron chi connectivity index (χ2n) is 15.3. The van der Waals surface area contributed by atoms with E-state index >= 15 is 0 Å². The van der Waals surface area contributed by atoms with E-state index < -0.39 is 0 Å². The number of thiophene rings is 4. The van der Waals surface area contributed by atoms with Crippen LogP contribution in [0, 0.1) is 25.2 Å². The SMILES string of the molecule is C/C=C\C(C)(CC(C)C)c1ccc(-c2sc3c(C)c(-c4ccc(C5=c6cc7c(cc6C(=O)O5)=C(C(C)(C)CCCCC)OC7=O)s4)sc3c2C)s1. The van der Waals surface area contributed by atoms with E-state index in [-0.39, 0.29) is 22.8 Å². The van der Waals surface area contributed by atoms with Gasteiger partial charge in [-0.2, -0.15) is 0 Å². The third kappa shape index (κ3) is 6.30. The number of unbranched alkanes of at least 4 members (excludes halogenated alkanes) is 2. The van der Waals surface area contributed by atoms with Crippen molar-refractivity contribution in [3.63, 3.8) is 0 Å². The lowest BCUT2D eigenvalue weighted by Gasteiger charge is -2.27. The normalized spacial score (nSPS) is 15.7. The smallest absolute Gasteiger partial charge is 0.344 e. The van der Waals surface area contributed by atoms with E-state index in [0.717, 1.165) is 47.1 Å². The van der Waals surface area contributed by atoms with Gasteiger partial charge in [-0.3, -0.25) is 0 Å². The van der Waals surface area contributed by atoms with Crippen LogP contribution in [-0.4, -0.2) is 11.9 Å². The van der Waals surface area contributed by atoms with Gasteiger partial charge in [0.2, 0.25) is 0 Å². The number of benzene rings is 1. The maximum absolute atomic E-state index is 13.3. The molecule has 0 saturated heterocycles. The second-order valence-corrected chi connectivity index (χ2v) is 19.5. The summed E-state index contributed by atoms with van der Waals surface area (Å²) in [5.74, 6) is 1.04. The van der Waals surface area contributed by atoms with Gasteiger partial charge in [0.15, 0.2) is 5.76 Å². The number of carbonyl (C=O) groups is 2. The van der Waals surface area contributed by atoms with Crippen molar-refractivity contribution < 1.29 is 19.1 Å². The fourth-order valence-corrected chi connectivity index (χ4v) is 13.0. The van der Waals surface area contributed by atoms with E-state index in [9.17, 15) is 9.59 Å². The van der Waals surface area contributed by atoms with E-state index in [0.29, 0.717) is 33.8 Å². The van der Waals surface area contributed by atoms with Crippen LogP contribution >= 0.6 is 45.3 Å². The molecule has 51 heavy (non-hydrogen) atoms. The zero-order valence-electron chi connectivity index (χ0n) is 31.0. The number of carbonyl (C=O) groups excluding carboxylic acids is 2. The topological polar surface area (TPSA) is 52.6 Å². The average Bonchev–Trinajstić information content (AvgIpc) is 3.92. The first kappa shape index (κ1) is 36.1. The van der Waals surface area contributed by atoms with Crippen LogP contribution in [0.15, 0.2) is 48.6 Å². The molecule has 1 unspecified atom stereocenters. The molecule has 0 bridgehead atoms. The highest BCUT2D eigenvalue weighted by atomic mass is 32.1. The molecule has 8 heteroatoms. The van der Waals surface area contributed by atoms with Gasteiger partial charge in [0.05, 0.1) is 16.0 Å². The number of hydrogen-bond donors (Lipinski definition) is 0. The van der Waals surface area contributed by atoms with Crippen molar-refractivity contribution in [2.75, 3.05) is 0 Å². The minimum Gasteiger partial charge on any atom is -0.426 e. The number of fused-ring (bicyclic) bond motifs is 3. The summed E-state index contributed by atoms with van der Waals surface area (Å²) in [6.45, 7) is 20.0. The van der Waals surface area contributed by atoms with Crippen molar-refractivity contribution in [2.45, 2.75) is 99.8 Å². The fourth-order valence-electron chi connectivity index (χ4n) is 7.77. The number of rotatable bonds is 12. The van der Waals surface area contributed by atoms with Crippen LogP contribution in [-0.2, 0) is 14.9 Å². The maximum Gasteiger partial charge on any atom is 0.344 e. The molecule has 2 aliphatic heterocycles. The second kappa shape index (κ2) is 13.6. The summed E-state index contributed by atoms with van der Waals surface area (Å²) in [7, 11) is 0. The van der Waals surface area contributed by atoms with Crippen molar-refractivity contribution in [1.82, 2.24) is 0 Å². The lowest BCUT2D eigenvalue weighted by molar-refractivity contribution is 0.0668. The van der Waals surface area contributed by atoms with Crippen molar-refractivity contribution >= 4 is 78.2 Å². The van der Waals surface area contributed by atoms with Crippen LogP contribution in [0.25, 0.3) is 40.4 Å². The Balaban J connectivity index is 1.23. The van der Waals surface area contributed by atoms with E-state index in [1.54, 1.807) is 17.4 Å². The molecule has 0 aliphatic carbocycles. The fraction of sp³-hybridized carbons (Fsp3) is 0.395. The first-order valence-electron chi connectivity index (χ1n) is 18.0. The first-order valence-corrected chi connectivity index (χ1v) is 21.3. The number of ether oxygens (including phenoxy) is 2. The van der Waals surface area contributed by atoms with Crippen molar-refractivity contribution in [3.05, 3.63) is 91.0 Å². The molecular weight excluding hydrogens is 709 g/mol. The third-order valence-electron chi connectivity index (χ3n) is 10.3.